The van der Waals surface area contributed by atoms with E-state index >= 15 is 0 Å². The molecular weight excluding hydrogens is 352 g/mol. The van der Waals surface area contributed by atoms with Gasteiger partial charge in [0.15, 0.2) is 0 Å². The second-order valence-corrected chi connectivity index (χ2v) is 9.35. The Bertz CT molecular complexity index is 430. The maximum Gasteiger partial charge on any atom is 0.394 e. The Morgan fingerprint density at radius 3 is 1.96 bits per heavy atom. The predicted molar refractivity (Wildman–Crippen MR) is 102 cm³/mol. The molecule has 4 heteroatoms. The Morgan fingerprint density at radius 2 is 1.41 bits per heavy atom. The minimum Gasteiger partial charge on any atom is -0.247 e. The summed E-state index contributed by atoms with van der Waals surface area (Å²) in [5, 5.41) is 0. The van der Waals surface area contributed by atoms with E-state index in [1.807, 2.05) is 0 Å². The van der Waals surface area contributed by atoms with Gasteiger partial charge < -0.3 is 0 Å². The maximum atomic E-state index is 14.1. The van der Waals surface area contributed by atoms with Crippen molar-refractivity contribution in [2.45, 2.75) is 109 Å². The molecule has 3 atom stereocenters. The molecule has 3 aliphatic carbocycles. The van der Waals surface area contributed by atoms with Gasteiger partial charge in [-0.25, -0.2) is 4.39 Å². The van der Waals surface area contributed by atoms with Gasteiger partial charge in [-0.15, -0.1) is 0 Å². The third kappa shape index (κ3) is 5.63. The number of rotatable bonds is 5. The Morgan fingerprint density at radius 1 is 0.815 bits per heavy atom. The normalized spacial score (nSPS) is 33.4. The van der Waals surface area contributed by atoms with Crippen molar-refractivity contribution in [3.8, 4) is 0 Å². The van der Waals surface area contributed by atoms with Crippen LogP contribution in [0.1, 0.15) is 96.8 Å². The average Bonchev–Trinajstić information content (AvgIpc) is 2.66. The zero-order valence-corrected chi connectivity index (χ0v) is 16.8. The zero-order chi connectivity index (χ0) is 19.4. The van der Waals surface area contributed by atoms with E-state index in [-0.39, 0.29) is 18.8 Å². The molecule has 0 aliphatic heterocycles. The summed E-state index contributed by atoms with van der Waals surface area (Å²) >= 11 is 0. The van der Waals surface area contributed by atoms with Crippen LogP contribution in [0, 0.1) is 35.5 Å². The molecule has 0 heterocycles. The van der Waals surface area contributed by atoms with Gasteiger partial charge in [0.1, 0.15) is 6.17 Å². The van der Waals surface area contributed by atoms with Gasteiger partial charge in [0.05, 0.1) is 5.92 Å². The van der Waals surface area contributed by atoms with E-state index in [2.05, 4.69) is 6.92 Å². The number of alkyl halides is 4. The summed E-state index contributed by atoms with van der Waals surface area (Å²) < 4.78 is 52.7. The van der Waals surface area contributed by atoms with Gasteiger partial charge in [-0.05, 0) is 100 Å². The first-order valence-corrected chi connectivity index (χ1v) is 11.3. The Kier molecular flexibility index (Phi) is 7.52. The highest BCUT2D eigenvalue weighted by Crippen LogP contribution is 2.50. The molecule has 27 heavy (non-hydrogen) atoms. The van der Waals surface area contributed by atoms with Crippen molar-refractivity contribution in [2.24, 2.45) is 23.7 Å². The minimum absolute atomic E-state index is 0.0290. The van der Waals surface area contributed by atoms with Gasteiger partial charge in [-0.2, -0.15) is 13.2 Å². The summed E-state index contributed by atoms with van der Waals surface area (Å²) in [5.74, 6) is 3.12. The fraction of sp³-hybridized carbons (Fsp3) is 0.913. The summed E-state index contributed by atoms with van der Waals surface area (Å²) in [6, 6.07) is 0. The van der Waals surface area contributed by atoms with Gasteiger partial charge in [0.25, 0.3) is 0 Å². The van der Waals surface area contributed by atoms with Crippen LogP contribution in [0.5, 0.6) is 0 Å². The van der Waals surface area contributed by atoms with Crippen molar-refractivity contribution in [3.63, 3.8) is 0 Å². The summed E-state index contributed by atoms with van der Waals surface area (Å²) in [5.41, 5.74) is 0. The van der Waals surface area contributed by atoms with Gasteiger partial charge in [-0.1, -0.05) is 26.2 Å². The SMILES string of the molecule is CCCCC1CC[C](C2CC[C](C3CCC(C(F)(F)F)C(F)C3)CC2)CC1. The zero-order valence-electron chi connectivity index (χ0n) is 16.8. The van der Waals surface area contributed by atoms with E-state index in [4.69, 9.17) is 0 Å². The summed E-state index contributed by atoms with van der Waals surface area (Å²) in [4.78, 5) is 0. The molecule has 156 valence electrons. The molecule has 3 unspecified atom stereocenters. The molecule has 3 rings (SSSR count). The van der Waals surface area contributed by atoms with Gasteiger partial charge in [0.2, 0.25) is 0 Å². The first-order chi connectivity index (χ1) is 12.9. The molecule has 3 saturated carbocycles. The fourth-order valence-corrected chi connectivity index (χ4v) is 5.90. The quantitative estimate of drug-likeness (QED) is 0.418. The molecular formula is C23H36F4. The lowest BCUT2D eigenvalue weighted by atomic mass is 9.64. The largest absolute Gasteiger partial charge is 0.394 e. The number of unbranched alkanes of at least 4 members (excludes halogenated alkanes) is 1. The van der Waals surface area contributed by atoms with E-state index in [1.54, 1.807) is 5.92 Å². The van der Waals surface area contributed by atoms with Crippen molar-refractivity contribution in [3.05, 3.63) is 11.8 Å². The van der Waals surface area contributed by atoms with Crippen molar-refractivity contribution in [1.29, 1.82) is 0 Å². The number of halogens is 4. The lowest BCUT2D eigenvalue weighted by molar-refractivity contribution is -0.200. The molecule has 0 saturated heterocycles. The molecule has 0 spiro atoms. The van der Waals surface area contributed by atoms with Crippen LogP contribution < -0.4 is 0 Å². The van der Waals surface area contributed by atoms with Crippen molar-refractivity contribution < 1.29 is 17.6 Å². The molecule has 0 aromatic carbocycles. The average molecular weight is 389 g/mol. The van der Waals surface area contributed by atoms with E-state index in [1.165, 1.54) is 50.9 Å². The maximum absolute atomic E-state index is 14.1. The first-order valence-electron chi connectivity index (χ1n) is 11.3. The molecule has 0 N–H and O–H groups in total. The molecule has 3 aliphatic rings. The van der Waals surface area contributed by atoms with E-state index in [9.17, 15) is 17.6 Å². The lowest BCUT2D eigenvalue weighted by Gasteiger charge is -2.41. The molecule has 0 amide bonds. The van der Waals surface area contributed by atoms with Crippen molar-refractivity contribution in [2.75, 3.05) is 0 Å². The van der Waals surface area contributed by atoms with E-state index < -0.39 is 18.3 Å². The van der Waals surface area contributed by atoms with Crippen LogP contribution in [-0.4, -0.2) is 12.3 Å². The summed E-state index contributed by atoms with van der Waals surface area (Å²) in [7, 11) is 0. The highest BCUT2D eigenvalue weighted by Gasteiger charge is 2.49. The Balaban J connectivity index is 1.40. The monoisotopic (exact) mass is 388 g/mol. The smallest absolute Gasteiger partial charge is 0.247 e. The highest BCUT2D eigenvalue weighted by atomic mass is 19.4. The lowest BCUT2D eigenvalue weighted by Crippen LogP contribution is -2.38. The van der Waals surface area contributed by atoms with Crippen LogP contribution in [-0.2, 0) is 0 Å². The summed E-state index contributed by atoms with van der Waals surface area (Å²) in [6.45, 7) is 2.26. The molecule has 0 aromatic rings. The predicted octanol–water partition coefficient (Wildman–Crippen LogP) is 8.02. The third-order valence-corrected chi connectivity index (χ3v) is 7.69. The molecule has 0 aromatic heterocycles. The minimum atomic E-state index is -4.38. The van der Waals surface area contributed by atoms with Crippen molar-refractivity contribution >= 4 is 0 Å². The van der Waals surface area contributed by atoms with Crippen LogP contribution in [0.25, 0.3) is 0 Å². The standard InChI is InChI=1S/C23H36F4/c1-2-3-4-16-5-7-17(8-6-16)18-9-11-19(12-10-18)20-13-14-21(22(24)15-20)23(25,26)27/h16,18,20-22H,2-15H2,1H3. The number of hydrogen-bond acceptors (Lipinski definition) is 0. The molecule has 0 bridgehead atoms. The second kappa shape index (κ2) is 9.48. The second-order valence-electron chi connectivity index (χ2n) is 9.35. The van der Waals surface area contributed by atoms with Crippen LogP contribution in [0.4, 0.5) is 17.6 Å². The van der Waals surface area contributed by atoms with Crippen LogP contribution >= 0.6 is 0 Å². The van der Waals surface area contributed by atoms with Crippen LogP contribution in [0.3, 0.4) is 0 Å². The van der Waals surface area contributed by atoms with Crippen LogP contribution in [0.15, 0.2) is 0 Å². The van der Waals surface area contributed by atoms with Crippen LogP contribution in [0.2, 0.25) is 0 Å². The molecule has 2 radical (unpaired) electrons. The third-order valence-electron chi connectivity index (χ3n) is 7.69. The van der Waals surface area contributed by atoms with Gasteiger partial charge in [-0.3, -0.25) is 0 Å². The van der Waals surface area contributed by atoms with Crippen molar-refractivity contribution in [1.82, 2.24) is 0 Å². The Hall–Kier alpha value is -0.280. The van der Waals surface area contributed by atoms with Gasteiger partial charge in [0, 0.05) is 0 Å². The Labute approximate surface area is 162 Å². The number of hydrogen-bond donors (Lipinski definition) is 0. The fourth-order valence-electron chi connectivity index (χ4n) is 5.90. The highest BCUT2D eigenvalue weighted by molar-refractivity contribution is 5.09. The van der Waals surface area contributed by atoms with E-state index in [0.717, 1.165) is 31.6 Å². The van der Waals surface area contributed by atoms with E-state index in [0.29, 0.717) is 12.3 Å². The topological polar surface area (TPSA) is 0 Å². The summed E-state index contributed by atoms with van der Waals surface area (Å²) in [6.07, 6.45) is 8.17. The molecule has 3 fully saturated rings. The molecule has 0 nitrogen and oxygen atoms in total. The van der Waals surface area contributed by atoms with Gasteiger partial charge >= 0.3 is 6.18 Å². The first kappa shape index (κ1) is 21.4.